The van der Waals surface area contributed by atoms with Crippen LogP contribution in [0.1, 0.15) is 24.2 Å². The molecule has 0 spiro atoms. The summed E-state index contributed by atoms with van der Waals surface area (Å²) in [6.45, 7) is 1.10. The fourth-order valence-electron chi connectivity index (χ4n) is 1.80. The molecule has 1 atom stereocenters. The van der Waals surface area contributed by atoms with Crippen molar-refractivity contribution in [3.63, 3.8) is 0 Å². The summed E-state index contributed by atoms with van der Waals surface area (Å²) in [5.41, 5.74) is 0.108. The Morgan fingerprint density at radius 2 is 1.75 bits per heavy atom. The quantitative estimate of drug-likeness (QED) is 0.925. The Morgan fingerprint density at radius 3 is 2.35 bits per heavy atom. The third-order valence-electron chi connectivity index (χ3n) is 2.86. The van der Waals surface area contributed by atoms with Crippen LogP contribution in [0.4, 0.5) is 13.2 Å². The van der Waals surface area contributed by atoms with Gasteiger partial charge >= 0.3 is 0 Å². The number of aliphatic hydroxyl groups is 1. The second-order valence-electron chi connectivity index (χ2n) is 4.35. The number of hydrogen-bond donors (Lipinski definition) is 1. The van der Waals surface area contributed by atoms with Gasteiger partial charge in [0, 0.05) is 11.6 Å². The van der Waals surface area contributed by atoms with Gasteiger partial charge < -0.3 is 9.84 Å². The molecule has 2 aromatic carbocycles. The van der Waals surface area contributed by atoms with E-state index in [0.717, 1.165) is 18.2 Å². The Kier molecular flexibility index (Phi) is 4.29. The molecule has 106 valence electrons. The number of aliphatic hydroxyl groups excluding tert-OH is 1. The smallest absolute Gasteiger partial charge is 0.132 e. The van der Waals surface area contributed by atoms with Crippen molar-refractivity contribution in [1.29, 1.82) is 0 Å². The standard InChI is InChI=1S/C15H13F3O2/c1-9(19)11-6-5-10(16)7-15(11)20-8-12-13(17)3-2-4-14(12)18/h2-7,9,19H,8H2,1H3/t9-/m0/s1. The molecule has 2 nitrogen and oxygen atoms in total. The summed E-state index contributed by atoms with van der Waals surface area (Å²) in [7, 11) is 0. The summed E-state index contributed by atoms with van der Waals surface area (Å²) < 4.78 is 45.3. The third-order valence-corrected chi connectivity index (χ3v) is 2.86. The van der Waals surface area contributed by atoms with E-state index in [2.05, 4.69) is 0 Å². The Morgan fingerprint density at radius 1 is 1.10 bits per heavy atom. The summed E-state index contributed by atoms with van der Waals surface area (Å²) in [5, 5.41) is 9.55. The molecule has 0 aliphatic heterocycles. The Balaban J connectivity index is 2.25. The van der Waals surface area contributed by atoms with Gasteiger partial charge in [0.15, 0.2) is 0 Å². The molecule has 0 heterocycles. The molecule has 0 aliphatic carbocycles. The van der Waals surface area contributed by atoms with E-state index in [0.29, 0.717) is 5.56 Å². The Hall–Kier alpha value is -2.01. The van der Waals surface area contributed by atoms with Gasteiger partial charge in [0.1, 0.15) is 29.8 Å². The van der Waals surface area contributed by atoms with Crippen LogP contribution in [0.2, 0.25) is 0 Å². The zero-order valence-electron chi connectivity index (χ0n) is 10.7. The lowest BCUT2D eigenvalue weighted by atomic mass is 10.1. The van der Waals surface area contributed by atoms with Gasteiger partial charge in [-0.3, -0.25) is 0 Å². The Bertz CT molecular complexity index is 592. The van der Waals surface area contributed by atoms with Crippen LogP contribution >= 0.6 is 0 Å². The highest BCUT2D eigenvalue weighted by Crippen LogP contribution is 2.27. The Labute approximate surface area is 114 Å². The first-order valence-electron chi connectivity index (χ1n) is 6.02. The lowest BCUT2D eigenvalue weighted by molar-refractivity contribution is 0.189. The van der Waals surface area contributed by atoms with Gasteiger partial charge in [-0.25, -0.2) is 13.2 Å². The minimum absolute atomic E-state index is 0.0580. The summed E-state index contributed by atoms with van der Waals surface area (Å²) in [5.74, 6) is -1.97. The maximum absolute atomic E-state index is 13.4. The number of benzene rings is 2. The zero-order chi connectivity index (χ0) is 14.7. The molecule has 0 aromatic heterocycles. The maximum atomic E-state index is 13.4. The highest BCUT2D eigenvalue weighted by molar-refractivity contribution is 5.35. The van der Waals surface area contributed by atoms with Gasteiger partial charge in [0.25, 0.3) is 0 Å². The predicted octanol–water partition coefficient (Wildman–Crippen LogP) is 3.74. The van der Waals surface area contributed by atoms with Crippen LogP contribution in [-0.4, -0.2) is 5.11 Å². The summed E-state index contributed by atoms with van der Waals surface area (Å²) >= 11 is 0. The average molecular weight is 282 g/mol. The fourth-order valence-corrected chi connectivity index (χ4v) is 1.80. The van der Waals surface area contributed by atoms with Crippen molar-refractivity contribution in [1.82, 2.24) is 0 Å². The first-order valence-corrected chi connectivity index (χ1v) is 6.02. The molecule has 0 radical (unpaired) electrons. The topological polar surface area (TPSA) is 29.5 Å². The minimum atomic E-state index is -0.879. The molecule has 0 saturated carbocycles. The molecular weight excluding hydrogens is 269 g/mol. The normalized spacial score (nSPS) is 12.2. The van der Waals surface area contributed by atoms with Crippen molar-refractivity contribution in [2.24, 2.45) is 0 Å². The maximum Gasteiger partial charge on any atom is 0.132 e. The first kappa shape index (κ1) is 14.4. The van der Waals surface area contributed by atoms with Crippen LogP contribution in [0.5, 0.6) is 5.75 Å². The predicted molar refractivity (Wildman–Crippen MR) is 67.7 cm³/mol. The lowest BCUT2D eigenvalue weighted by Crippen LogP contribution is -2.05. The van der Waals surface area contributed by atoms with E-state index in [4.69, 9.17) is 4.74 Å². The molecular formula is C15H13F3O2. The lowest BCUT2D eigenvalue weighted by Gasteiger charge is -2.14. The van der Waals surface area contributed by atoms with Gasteiger partial charge in [-0.05, 0) is 31.2 Å². The van der Waals surface area contributed by atoms with Crippen LogP contribution in [-0.2, 0) is 6.61 Å². The second kappa shape index (κ2) is 5.96. The summed E-state index contributed by atoms with van der Waals surface area (Å²) in [6.07, 6.45) is -0.879. The zero-order valence-corrected chi connectivity index (χ0v) is 10.7. The molecule has 0 aliphatic rings. The molecule has 20 heavy (non-hydrogen) atoms. The van der Waals surface area contributed by atoms with E-state index in [1.165, 1.54) is 25.1 Å². The van der Waals surface area contributed by atoms with Crippen molar-refractivity contribution in [3.05, 3.63) is 65.0 Å². The largest absolute Gasteiger partial charge is 0.488 e. The van der Waals surface area contributed by atoms with E-state index in [-0.39, 0.29) is 17.9 Å². The number of halogens is 3. The first-order chi connectivity index (χ1) is 9.49. The van der Waals surface area contributed by atoms with E-state index in [1.807, 2.05) is 0 Å². The van der Waals surface area contributed by atoms with Gasteiger partial charge in [-0.1, -0.05) is 6.07 Å². The van der Waals surface area contributed by atoms with Gasteiger partial charge in [0.2, 0.25) is 0 Å². The summed E-state index contributed by atoms with van der Waals surface area (Å²) in [6, 6.07) is 7.09. The van der Waals surface area contributed by atoms with Crippen LogP contribution in [0.3, 0.4) is 0 Å². The number of ether oxygens (including phenoxy) is 1. The van der Waals surface area contributed by atoms with E-state index in [1.54, 1.807) is 0 Å². The van der Waals surface area contributed by atoms with Crippen molar-refractivity contribution >= 4 is 0 Å². The average Bonchev–Trinajstić information content (AvgIpc) is 2.37. The van der Waals surface area contributed by atoms with Crippen molar-refractivity contribution in [2.45, 2.75) is 19.6 Å². The third kappa shape index (κ3) is 3.11. The van der Waals surface area contributed by atoms with Crippen LogP contribution < -0.4 is 4.74 Å². The molecule has 2 aromatic rings. The molecule has 0 fully saturated rings. The van der Waals surface area contributed by atoms with Gasteiger partial charge in [-0.15, -0.1) is 0 Å². The monoisotopic (exact) mass is 282 g/mol. The minimum Gasteiger partial charge on any atom is -0.488 e. The SMILES string of the molecule is C[C@H](O)c1ccc(F)cc1OCc1c(F)cccc1F. The van der Waals surface area contributed by atoms with E-state index in [9.17, 15) is 18.3 Å². The second-order valence-corrected chi connectivity index (χ2v) is 4.35. The molecule has 5 heteroatoms. The van der Waals surface area contributed by atoms with Crippen molar-refractivity contribution in [2.75, 3.05) is 0 Å². The van der Waals surface area contributed by atoms with Crippen LogP contribution in [0.15, 0.2) is 36.4 Å². The number of rotatable bonds is 4. The van der Waals surface area contributed by atoms with Crippen LogP contribution in [0.25, 0.3) is 0 Å². The number of hydrogen-bond acceptors (Lipinski definition) is 2. The van der Waals surface area contributed by atoms with Crippen molar-refractivity contribution < 1.29 is 23.0 Å². The van der Waals surface area contributed by atoms with Gasteiger partial charge in [0.05, 0.1) is 11.7 Å². The summed E-state index contributed by atoms with van der Waals surface area (Å²) in [4.78, 5) is 0. The molecule has 2 rings (SSSR count). The van der Waals surface area contributed by atoms with Crippen LogP contribution in [0, 0.1) is 17.5 Å². The highest BCUT2D eigenvalue weighted by atomic mass is 19.1. The van der Waals surface area contributed by atoms with E-state index < -0.39 is 23.6 Å². The highest BCUT2D eigenvalue weighted by Gasteiger charge is 2.13. The molecule has 0 saturated heterocycles. The van der Waals surface area contributed by atoms with Gasteiger partial charge in [-0.2, -0.15) is 0 Å². The molecule has 0 unspecified atom stereocenters. The fraction of sp³-hybridized carbons (Fsp3) is 0.200. The molecule has 0 amide bonds. The molecule has 0 bridgehead atoms. The molecule has 1 N–H and O–H groups in total. The van der Waals surface area contributed by atoms with E-state index >= 15 is 0 Å². The van der Waals surface area contributed by atoms with Crippen molar-refractivity contribution in [3.8, 4) is 5.75 Å².